The normalized spacial score (nSPS) is 12.2. The van der Waals surface area contributed by atoms with Gasteiger partial charge in [0.25, 0.3) is 0 Å². The Morgan fingerprint density at radius 2 is 1.69 bits per heavy atom. The lowest BCUT2D eigenvalue weighted by atomic mass is 9.87. The number of oxime groups is 1. The van der Waals surface area contributed by atoms with Crippen molar-refractivity contribution in [2.75, 3.05) is 0 Å². The van der Waals surface area contributed by atoms with Gasteiger partial charge in [-0.1, -0.05) is 17.3 Å². The maximum Gasteiger partial charge on any atom is 0.416 e. The van der Waals surface area contributed by atoms with E-state index < -0.39 is 17.6 Å². The lowest BCUT2D eigenvalue weighted by Gasteiger charge is -2.20. The molecule has 0 saturated heterocycles. The molecule has 29 heavy (non-hydrogen) atoms. The topological polar surface area (TPSA) is 91.7 Å². The number of phenols is 1. The molecular weight excluding hydrogens is 383 g/mol. The number of aromatic nitrogens is 1. The molecule has 0 unspecified atom stereocenters. The minimum Gasteiger partial charge on any atom is -0.508 e. The number of hydrogen-bond donors (Lipinski definition) is 3. The fourth-order valence-electron chi connectivity index (χ4n) is 3.11. The average Bonchev–Trinajstić information content (AvgIpc) is 2.68. The number of benzene rings is 2. The molecule has 3 rings (SSSR count). The van der Waals surface area contributed by atoms with Crippen molar-refractivity contribution in [2.24, 2.45) is 10.9 Å². The molecule has 4 N–H and O–H groups in total. The molecule has 0 radical (unpaired) electrons. The number of aryl methyl sites for hydroxylation is 2. The molecule has 0 fully saturated rings. The number of nitrogens with two attached hydrogens (primary N) is 1. The Kier molecular flexibility index (Phi) is 5.19. The minimum absolute atomic E-state index is 0.0210. The van der Waals surface area contributed by atoms with E-state index in [4.69, 9.17) is 5.73 Å². The number of rotatable bonds is 3. The van der Waals surface area contributed by atoms with Gasteiger partial charge in [0.15, 0.2) is 5.84 Å². The van der Waals surface area contributed by atoms with Crippen LogP contribution in [0.4, 0.5) is 13.2 Å². The zero-order valence-electron chi connectivity index (χ0n) is 15.6. The van der Waals surface area contributed by atoms with Crippen LogP contribution in [-0.2, 0) is 6.18 Å². The fourth-order valence-corrected chi connectivity index (χ4v) is 3.11. The molecule has 150 valence electrons. The van der Waals surface area contributed by atoms with E-state index in [-0.39, 0.29) is 16.9 Å². The Hall–Kier alpha value is -3.55. The molecule has 3 aromatic rings. The zero-order valence-corrected chi connectivity index (χ0v) is 15.6. The molecule has 0 amide bonds. The second-order valence-corrected chi connectivity index (χ2v) is 6.62. The van der Waals surface area contributed by atoms with E-state index in [0.29, 0.717) is 22.4 Å². The molecule has 0 atom stereocenters. The highest BCUT2D eigenvalue weighted by Crippen LogP contribution is 2.41. The van der Waals surface area contributed by atoms with Crippen LogP contribution in [0.1, 0.15) is 22.4 Å². The van der Waals surface area contributed by atoms with Gasteiger partial charge in [-0.3, -0.25) is 4.98 Å². The van der Waals surface area contributed by atoms with Gasteiger partial charge in [0.2, 0.25) is 0 Å². The van der Waals surface area contributed by atoms with Crippen molar-refractivity contribution in [2.45, 2.75) is 20.0 Å². The first kappa shape index (κ1) is 20.2. The molecule has 1 aromatic heterocycles. The number of nitrogens with zero attached hydrogens (tertiary/aromatic N) is 2. The van der Waals surface area contributed by atoms with Crippen LogP contribution in [0, 0.1) is 13.8 Å². The van der Waals surface area contributed by atoms with Gasteiger partial charge in [-0.2, -0.15) is 13.2 Å². The van der Waals surface area contributed by atoms with Crippen LogP contribution in [-0.4, -0.2) is 21.1 Å². The van der Waals surface area contributed by atoms with E-state index >= 15 is 0 Å². The maximum absolute atomic E-state index is 13.6. The Balaban J connectivity index is 2.49. The Bertz CT molecular complexity index is 1090. The molecule has 0 spiro atoms. The van der Waals surface area contributed by atoms with Crippen LogP contribution < -0.4 is 5.73 Å². The standard InChI is InChI=1S/C21H18F3N3O2/c1-11-7-16(12(2)26-10-11)19-17(13-3-5-15(28)6-4-13)8-14(21(22,23)24)9-18(19)20(25)27-29/h3-10,28-29H,1-2H3,(H2,25,27). The van der Waals surface area contributed by atoms with Crippen LogP contribution in [0.3, 0.4) is 0 Å². The molecule has 5 nitrogen and oxygen atoms in total. The van der Waals surface area contributed by atoms with Crippen molar-refractivity contribution in [3.05, 3.63) is 71.0 Å². The highest BCUT2D eigenvalue weighted by molar-refractivity contribution is 6.07. The number of aromatic hydroxyl groups is 1. The van der Waals surface area contributed by atoms with Crippen molar-refractivity contribution in [3.63, 3.8) is 0 Å². The summed E-state index contributed by atoms with van der Waals surface area (Å²) >= 11 is 0. The van der Waals surface area contributed by atoms with E-state index in [1.54, 1.807) is 19.2 Å². The summed E-state index contributed by atoms with van der Waals surface area (Å²) in [5.74, 6) is -0.473. The average molecular weight is 401 g/mol. The number of alkyl halides is 3. The van der Waals surface area contributed by atoms with Gasteiger partial charge in [0.05, 0.1) is 5.56 Å². The predicted molar refractivity (Wildman–Crippen MR) is 104 cm³/mol. The number of hydrogen-bond acceptors (Lipinski definition) is 4. The summed E-state index contributed by atoms with van der Waals surface area (Å²) in [6.45, 7) is 3.53. The van der Waals surface area contributed by atoms with E-state index in [1.807, 2.05) is 6.92 Å². The molecule has 0 aliphatic rings. The van der Waals surface area contributed by atoms with Gasteiger partial charge in [-0.15, -0.1) is 0 Å². The quantitative estimate of drug-likeness (QED) is 0.253. The highest BCUT2D eigenvalue weighted by Gasteiger charge is 2.33. The van der Waals surface area contributed by atoms with E-state index in [0.717, 1.165) is 17.7 Å². The summed E-state index contributed by atoms with van der Waals surface area (Å²) in [5.41, 5.74) is 7.70. The molecule has 1 heterocycles. The van der Waals surface area contributed by atoms with Gasteiger partial charge in [0, 0.05) is 28.6 Å². The number of phenolic OH excluding ortho intramolecular Hbond substituents is 1. The van der Waals surface area contributed by atoms with Crippen molar-refractivity contribution < 1.29 is 23.5 Å². The van der Waals surface area contributed by atoms with Crippen molar-refractivity contribution in [3.8, 4) is 28.0 Å². The Morgan fingerprint density at radius 3 is 2.28 bits per heavy atom. The molecule has 2 aromatic carbocycles. The first-order valence-electron chi connectivity index (χ1n) is 8.58. The van der Waals surface area contributed by atoms with Crippen LogP contribution >= 0.6 is 0 Å². The highest BCUT2D eigenvalue weighted by atomic mass is 19.4. The predicted octanol–water partition coefficient (Wildman–Crippen LogP) is 4.85. The second kappa shape index (κ2) is 7.46. The summed E-state index contributed by atoms with van der Waals surface area (Å²) in [7, 11) is 0. The number of pyridine rings is 1. The summed E-state index contributed by atoms with van der Waals surface area (Å²) in [6, 6.07) is 9.41. The minimum atomic E-state index is -4.64. The van der Waals surface area contributed by atoms with Crippen molar-refractivity contribution in [1.82, 2.24) is 4.98 Å². The summed E-state index contributed by atoms with van der Waals surface area (Å²) in [4.78, 5) is 4.30. The van der Waals surface area contributed by atoms with Crippen molar-refractivity contribution in [1.29, 1.82) is 0 Å². The second-order valence-electron chi connectivity index (χ2n) is 6.62. The SMILES string of the molecule is Cc1cnc(C)c(-c2c(/C(N)=N/O)cc(C(F)(F)F)cc2-c2ccc(O)cc2)c1. The van der Waals surface area contributed by atoms with E-state index in [2.05, 4.69) is 10.1 Å². The number of halogens is 3. The Morgan fingerprint density at radius 1 is 1.03 bits per heavy atom. The van der Waals surface area contributed by atoms with Gasteiger partial charge >= 0.3 is 6.18 Å². The third kappa shape index (κ3) is 4.01. The molecule has 0 bridgehead atoms. The third-order valence-electron chi connectivity index (χ3n) is 4.52. The summed E-state index contributed by atoms with van der Waals surface area (Å²) in [6.07, 6.45) is -3.00. The van der Waals surface area contributed by atoms with Crippen LogP contribution in [0.25, 0.3) is 22.3 Å². The lowest BCUT2D eigenvalue weighted by Crippen LogP contribution is -2.17. The van der Waals surface area contributed by atoms with E-state index in [9.17, 15) is 23.5 Å². The van der Waals surface area contributed by atoms with Crippen molar-refractivity contribution >= 4 is 5.84 Å². The molecular formula is C21H18F3N3O2. The zero-order chi connectivity index (χ0) is 21.3. The first-order valence-corrected chi connectivity index (χ1v) is 8.58. The van der Waals surface area contributed by atoms with E-state index in [1.165, 1.54) is 24.3 Å². The lowest BCUT2D eigenvalue weighted by molar-refractivity contribution is -0.137. The van der Waals surface area contributed by atoms with Crippen LogP contribution in [0.15, 0.2) is 53.8 Å². The summed E-state index contributed by atoms with van der Waals surface area (Å²) < 4.78 is 40.7. The fraction of sp³-hybridized carbons (Fsp3) is 0.143. The number of amidine groups is 1. The van der Waals surface area contributed by atoms with Gasteiger partial charge < -0.3 is 16.0 Å². The molecule has 0 aliphatic carbocycles. The summed E-state index contributed by atoms with van der Waals surface area (Å²) in [5, 5.41) is 21.7. The molecule has 0 saturated carbocycles. The van der Waals surface area contributed by atoms with Gasteiger partial charge in [-0.05, 0) is 60.9 Å². The molecule has 8 heteroatoms. The monoisotopic (exact) mass is 401 g/mol. The first-order chi connectivity index (χ1) is 13.6. The smallest absolute Gasteiger partial charge is 0.416 e. The molecule has 0 aliphatic heterocycles. The Labute approximate surface area is 164 Å². The van der Waals surface area contributed by atoms with Gasteiger partial charge in [-0.25, -0.2) is 0 Å². The van der Waals surface area contributed by atoms with Crippen LogP contribution in [0.2, 0.25) is 0 Å². The maximum atomic E-state index is 13.6. The van der Waals surface area contributed by atoms with Gasteiger partial charge in [0.1, 0.15) is 5.75 Å². The third-order valence-corrected chi connectivity index (χ3v) is 4.52. The largest absolute Gasteiger partial charge is 0.508 e. The van der Waals surface area contributed by atoms with Crippen LogP contribution in [0.5, 0.6) is 5.75 Å².